The topological polar surface area (TPSA) is 37.4 Å². The van der Waals surface area contributed by atoms with Gasteiger partial charge in [-0.1, -0.05) is 18.2 Å². The number of carbonyl (C=O) groups excluding carboxylic acids is 2. The number of thiol groups is 1. The van der Waals surface area contributed by atoms with E-state index in [1.165, 1.54) is 4.90 Å². The van der Waals surface area contributed by atoms with Gasteiger partial charge in [-0.15, -0.1) is 0 Å². The van der Waals surface area contributed by atoms with Gasteiger partial charge in [-0.2, -0.15) is 12.6 Å². The zero-order valence-corrected chi connectivity index (χ0v) is 11.0. The van der Waals surface area contributed by atoms with Gasteiger partial charge < -0.3 is 0 Å². The number of benzene rings is 1. The number of nitrogens with zero attached hydrogens (tertiary/aromatic N) is 1. The Bertz CT molecular complexity index is 522. The van der Waals surface area contributed by atoms with Gasteiger partial charge >= 0.3 is 0 Å². The number of rotatable bonds is 3. The Morgan fingerprint density at radius 2 is 1.94 bits per heavy atom. The lowest BCUT2D eigenvalue weighted by atomic mass is 9.97. The molecule has 0 radical (unpaired) electrons. The molecule has 18 heavy (non-hydrogen) atoms. The van der Waals surface area contributed by atoms with Crippen molar-refractivity contribution in [1.82, 2.24) is 4.90 Å². The van der Waals surface area contributed by atoms with E-state index in [0.29, 0.717) is 18.5 Å². The van der Waals surface area contributed by atoms with Crippen LogP contribution in [0.15, 0.2) is 24.3 Å². The van der Waals surface area contributed by atoms with Crippen LogP contribution in [0.5, 0.6) is 0 Å². The SMILES string of the molecule is O=C1Cc2ccccc2C(=O)N1CC1(CS)CC1. The van der Waals surface area contributed by atoms with E-state index < -0.39 is 0 Å². The number of carbonyl (C=O) groups is 2. The van der Waals surface area contributed by atoms with E-state index >= 15 is 0 Å². The molecule has 2 amide bonds. The van der Waals surface area contributed by atoms with Gasteiger partial charge in [-0.25, -0.2) is 0 Å². The molecule has 0 spiro atoms. The molecule has 1 saturated carbocycles. The largest absolute Gasteiger partial charge is 0.278 e. The molecule has 0 aromatic heterocycles. The first-order chi connectivity index (χ1) is 8.65. The van der Waals surface area contributed by atoms with Gasteiger partial charge in [-0.3, -0.25) is 14.5 Å². The van der Waals surface area contributed by atoms with E-state index in [2.05, 4.69) is 12.6 Å². The maximum atomic E-state index is 12.3. The molecular formula is C14H15NO2S. The molecule has 1 fully saturated rings. The molecule has 0 N–H and O–H groups in total. The minimum absolute atomic E-state index is 0.0771. The summed E-state index contributed by atoms with van der Waals surface area (Å²) in [5.74, 6) is 0.521. The van der Waals surface area contributed by atoms with Gasteiger partial charge in [0.2, 0.25) is 5.91 Å². The molecule has 4 heteroatoms. The van der Waals surface area contributed by atoms with Crippen molar-refractivity contribution in [1.29, 1.82) is 0 Å². The van der Waals surface area contributed by atoms with Crippen molar-refractivity contribution in [2.24, 2.45) is 5.41 Å². The first-order valence-electron chi connectivity index (χ1n) is 6.19. The summed E-state index contributed by atoms with van der Waals surface area (Å²) in [6.07, 6.45) is 2.47. The highest BCUT2D eigenvalue weighted by atomic mass is 32.1. The second-order valence-corrected chi connectivity index (χ2v) is 5.59. The monoisotopic (exact) mass is 261 g/mol. The average molecular weight is 261 g/mol. The zero-order valence-electron chi connectivity index (χ0n) is 10.1. The van der Waals surface area contributed by atoms with Crippen LogP contribution >= 0.6 is 12.6 Å². The fraction of sp³-hybridized carbons (Fsp3) is 0.429. The first-order valence-corrected chi connectivity index (χ1v) is 6.82. The minimum atomic E-state index is -0.144. The van der Waals surface area contributed by atoms with Crippen LogP contribution in [0.4, 0.5) is 0 Å². The molecule has 0 saturated heterocycles. The number of amides is 2. The minimum Gasteiger partial charge on any atom is -0.278 e. The lowest BCUT2D eigenvalue weighted by molar-refractivity contribution is -0.129. The van der Waals surface area contributed by atoms with Crippen molar-refractivity contribution >= 4 is 24.4 Å². The van der Waals surface area contributed by atoms with Crippen molar-refractivity contribution in [3.8, 4) is 0 Å². The summed E-state index contributed by atoms with van der Waals surface area (Å²) in [6, 6.07) is 7.37. The fourth-order valence-electron chi connectivity index (χ4n) is 2.44. The maximum absolute atomic E-state index is 12.3. The van der Waals surface area contributed by atoms with E-state index in [0.717, 1.165) is 24.2 Å². The van der Waals surface area contributed by atoms with Crippen molar-refractivity contribution in [2.45, 2.75) is 19.3 Å². The van der Waals surface area contributed by atoms with E-state index in [1.54, 1.807) is 6.07 Å². The highest BCUT2D eigenvalue weighted by Crippen LogP contribution is 2.47. The highest BCUT2D eigenvalue weighted by Gasteiger charge is 2.46. The summed E-state index contributed by atoms with van der Waals surface area (Å²) in [6.45, 7) is 0.530. The Kier molecular flexibility index (Phi) is 2.70. The third-order valence-corrected chi connectivity index (χ3v) is 4.59. The normalized spacial score (nSPS) is 20.8. The smallest absolute Gasteiger partial charge is 0.260 e. The third-order valence-electron chi connectivity index (χ3n) is 3.92. The number of hydrogen-bond donors (Lipinski definition) is 1. The summed E-state index contributed by atoms with van der Waals surface area (Å²) >= 11 is 4.33. The average Bonchev–Trinajstić information content (AvgIpc) is 3.15. The molecular weight excluding hydrogens is 246 g/mol. The number of fused-ring (bicyclic) bond motifs is 1. The predicted octanol–water partition coefficient (Wildman–Crippen LogP) is 1.92. The zero-order chi connectivity index (χ0) is 12.8. The van der Waals surface area contributed by atoms with Crippen molar-refractivity contribution in [2.75, 3.05) is 12.3 Å². The van der Waals surface area contributed by atoms with Crippen LogP contribution in [0.3, 0.4) is 0 Å². The summed E-state index contributed by atoms with van der Waals surface area (Å²) in [7, 11) is 0. The standard InChI is InChI=1S/C14H15NO2S/c16-12-7-10-3-1-2-4-11(10)13(17)15(12)8-14(9-18)5-6-14/h1-4,18H,5-9H2. The summed E-state index contributed by atoms with van der Waals surface area (Å²) < 4.78 is 0. The van der Waals surface area contributed by atoms with Gasteiger partial charge in [0.1, 0.15) is 0 Å². The molecule has 2 aliphatic rings. The van der Waals surface area contributed by atoms with Crippen LogP contribution in [0.25, 0.3) is 0 Å². The van der Waals surface area contributed by atoms with Gasteiger partial charge in [0.15, 0.2) is 0 Å². The van der Waals surface area contributed by atoms with Crippen molar-refractivity contribution < 1.29 is 9.59 Å². The van der Waals surface area contributed by atoms with Crippen molar-refractivity contribution in [3.05, 3.63) is 35.4 Å². The molecule has 0 atom stereocenters. The summed E-state index contributed by atoms with van der Waals surface area (Å²) in [5, 5.41) is 0. The van der Waals surface area contributed by atoms with Crippen LogP contribution in [0.1, 0.15) is 28.8 Å². The lowest BCUT2D eigenvalue weighted by Crippen LogP contribution is -2.45. The van der Waals surface area contributed by atoms with Crippen LogP contribution < -0.4 is 0 Å². The summed E-state index contributed by atoms with van der Waals surface area (Å²) in [4.78, 5) is 25.8. The predicted molar refractivity (Wildman–Crippen MR) is 71.7 cm³/mol. The van der Waals surface area contributed by atoms with Gasteiger partial charge in [0, 0.05) is 12.1 Å². The second-order valence-electron chi connectivity index (χ2n) is 5.28. The van der Waals surface area contributed by atoms with E-state index in [4.69, 9.17) is 0 Å². The molecule has 1 aromatic rings. The second kappa shape index (κ2) is 4.12. The molecule has 1 aliphatic carbocycles. The molecule has 1 aliphatic heterocycles. The Morgan fingerprint density at radius 3 is 2.61 bits per heavy atom. The van der Waals surface area contributed by atoms with E-state index in [-0.39, 0.29) is 17.2 Å². The Labute approximate surface area is 112 Å². The quantitative estimate of drug-likeness (QED) is 0.667. The summed E-state index contributed by atoms with van der Waals surface area (Å²) in [5.41, 5.74) is 1.60. The van der Waals surface area contributed by atoms with Crippen LogP contribution in [-0.2, 0) is 11.2 Å². The highest BCUT2D eigenvalue weighted by molar-refractivity contribution is 7.80. The Morgan fingerprint density at radius 1 is 1.22 bits per heavy atom. The fourth-order valence-corrected chi connectivity index (χ4v) is 2.85. The molecule has 1 aromatic carbocycles. The maximum Gasteiger partial charge on any atom is 0.260 e. The lowest BCUT2D eigenvalue weighted by Gasteiger charge is -2.29. The molecule has 3 rings (SSSR count). The molecule has 3 nitrogen and oxygen atoms in total. The van der Waals surface area contributed by atoms with Crippen LogP contribution in [-0.4, -0.2) is 29.0 Å². The van der Waals surface area contributed by atoms with E-state index in [9.17, 15) is 9.59 Å². The first kappa shape index (κ1) is 11.8. The van der Waals surface area contributed by atoms with E-state index in [1.807, 2.05) is 18.2 Å². The van der Waals surface area contributed by atoms with Crippen LogP contribution in [0, 0.1) is 5.41 Å². The van der Waals surface area contributed by atoms with Gasteiger partial charge in [0.25, 0.3) is 5.91 Å². The molecule has 94 valence electrons. The Hall–Kier alpha value is -1.29. The van der Waals surface area contributed by atoms with Gasteiger partial charge in [-0.05, 0) is 35.6 Å². The number of imide groups is 1. The van der Waals surface area contributed by atoms with Crippen LogP contribution in [0.2, 0.25) is 0 Å². The molecule has 1 heterocycles. The molecule has 0 unspecified atom stereocenters. The van der Waals surface area contributed by atoms with Gasteiger partial charge in [0.05, 0.1) is 6.42 Å². The molecule has 0 bridgehead atoms. The Balaban J connectivity index is 1.89. The third kappa shape index (κ3) is 1.85. The number of hydrogen-bond acceptors (Lipinski definition) is 3. The van der Waals surface area contributed by atoms with Crippen molar-refractivity contribution in [3.63, 3.8) is 0 Å².